The maximum Gasteiger partial charge on any atom is 0.155 e. The second-order valence-corrected chi connectivity index (χ2v) is 6.91. The van der Waals surface area contributed by atoms with E-state index in [4.69, 9.17) is 4.42 Å². The number of nitrogens with zero attached hydrogens (tertiary/aromatic N) is 5. The monoisotopic (exact) mass is 381 g/mol. The Hall–Kier alpha value is -4.20. The molecule has 8 heteroatoms. The van der Waals surface area contributed by atoms with Gasteiger partial charge in [0.05, 0.1) is 30.1 Å². The van der Waals surface area contributed by atoms with E-state index in [0.717, 1.165) is 55.7 Å². The molecule has 0 spiro atoms. The smallest absolute Gasteiger partial charge is 0.155 e. The molecule has 0 radical (unpaired) electrons. The number of nitrogens with one attached hydrogen (secondary N) is 2. The number of hydrogen-bond acceptors (Lipinski definition) is 5. The van der Waals surface area contributed by atoms with Crippen LogP contribution in [0.4, 0.5) is 0 Å². The summed E-state index contributed by atoms with van der Waals surface area (Å²) in [6.45, 7) is 0. The van der Waals surface area contributed by atoms with Gasteiger partial charge in [-0.05, 0) is 24.3 Å². The highest BCUT2D eigenvalue weighted by Crippen LogP contribution is 2.33. The van der Waals surface area contributed by atoms with Crippen molar-refractivity contribution in [2.75, 3.05) is 0 Å². The van der Waals surface area contributed by atoms with Gasteiger partial charge in [-0.3, -0.25) is 14.8 Å². The Balaban J connectivity index is 1.53. The molecule has 0 aliphatic heterocycles. The molecule has 0 fully saturated rings. The lowest BCUT2D eigenvalue weighted by atomic mass is 10.1. The first-order chi connectivity index (χ1) is 14.3. The number of hydrogen-bond donors (Lipinski definition) is 2. The molecule has 6 aromatic heterocycles. The van der Waals surface area contributed by atoms with Gasteiger partial charge >= 0.3 is 0 Å². The van der Waals surface area contributed by atoms with Crippen molar-refractivity contribution in [2.24, 2.45) is 7.05 Å². The second-order valence-electron chi connectivity index (χ2n) is 6.91. The fourth-order valence-electron chi connectivity index (χ4n) is 3.65. The van der Waals surface area contributed by atoms with E-state index < -0.39 is 0 Å². The van der Waals surface area contributed by atoms with E-state index in [9.17, 15) is 0 Å². The third kappa shape index (κ3) is 2.46. The number of furan rings is 1. The Kier molecular flexibility index (Phi) is 3.22. The van der Waals surface area contributed by atoms with Crippen LogP contribution in [0.25, 0.3) is 55.7 Å². The largest absolute Gasteiger partial charge is 0.472 e. The van der Waals surface area contributed by atoms with Crippen LogP contribution in [0.2, 0.25) is 0 Å². The van der Waals surface area contributed by atoms with Gasteiger partial charge in [-0.1, -0.05) is 0 Å². The first kappa shape index (κ1) is 15.8. The quantitative estimate of drug-likeness (QED) is 0.479. The Morgan fingerprint density at radius 3 is 2.76 bits per heavy atom. The van der Waals surface area contributed by atoms with E-state index in [1.54, 1.807) is 23.4 Å². The third-order valence-corrected chi connectivity index (χ3v) is 5.05. The van der Waals surface area contributed by atoms with E-state index in [0.29, 0.717) is 0 Å². The van der Waals surface area contributed by atoms with Gasteiger partial charge in [0.2, 0.25) is 0 Å². The number of fused-ring (bicyclic) bond motifs is 2. The normalized spacial score (nSPS) is 11.6. The summed E-state index contributed by atoms with van der Waals surface area (Å²) in [5.41, 5.74) is 7.24. The lowest BCUT2D eigenvalue weighted by molar-refractivity contribution is 0.568. The average molecular weight is 381 g/mol. The molecular weight excluding hydrogens is 366 g/mol. The first-order valence-electron chi connectivity index (χ1n) is 9.10. The summed E-state index contributed by atoms with van der Waals surface area (Å²) in [4.78, 5) is 12.5. The molecule has 0 bridgehead atoms. The molecule has 0 aliphatic rings. The predicted molar refractivity (Wildman–Crippen MR) is 109 cm³/mol. The van der Waals surface area contributed by atoms with E-state index in [-0.39, 0.29) is 0 Å². The minimum absolute atomic E-state index is 0.736. The molecule has 0 saturated carbocycles. The van der Waals surface area contributed by atoms with Crippen LogP contribution in [0, 0.1) is 0 Å². The number of pyridine rings is 2. The van der Waals surface area contributed by atoms with Crippen LogP contribution in [-0.4, -0.2) is 34.9 Å². The lowest BCUT2D eigenvalue weighted by Crippen LogP contribution is -1.84. The summed E-state index contributed by atoms with van der Waals surface area (Å²) in [5, 5.41) is 13.7. The van der Waals surface area contributed by atoms with Gasteiger partial charge < -0.3 is 9.40 Å². The van der Waals surface area contributed by atoms with Gasteiger partial charge in [0.25, 0.3) is 0 Å². The van der Waals surface area contributed by atoms with Crippen molar-refractivity contribution in [2.45, 2.75) is 0 Å². The number of aromatic amines is 2. The van der Waals surface area contributed by atoms with Crippen molar-refractivity contribution in [3.05, 3.63) is 61.6 Å². The molecule has 0 atom stereocenters. The van der Waals surface area contributed by atoms with Crippen molar-refractivity contribution in [1.82, 2.24) is 34.9 Å². The minimum atomic E-state index is 0.736. The van der Waals surface area contributed by atoms with Crippen molar-refractivity contribution in [3.63, 3.8) is 0 Å². The summed E-state index contributed by atoms with van der Waals surface area (Å²) in [5.74, 6) is 0. The Morgan fingerprint density at radius 2 is 1.93 bits per heavy atom. The first-order valence-corrected chi connectivity index (χ1v) is 9.10. The van der Waals surface area contributed by atoms with Crippen LogP contribution in [0.5, 0.6) is 0 Å². The SMILES string of the molecule is Cn1cc(-c2cnc3[nH]nc(-c4cc5c(-c6ccoc6)nccc5[nH]4)c3c2)cn1. The highest BCUT2D eigenvalue weighted by Gasteiger charge is 2.16. The predicted octanol–water partition coefficient (Wildman–Crippen LogP) is 4.16. The Morgan fingerprint density at radius 1 is 0.966 bits per heavy atom. The third-order valence-electron chi connectivity index (χ3n) is 5.05. The van der Waals surface area contributed by atoms with Gasteiger partial charge in [0.1, 0.15) is 5.69 Å². The standard InChI is InChI=1S/C21H15N7O/c1-28-10-14(9-24-28)13-6-16-20(26-27-21(16)23-8-13)18-7-15-17(25-18)2-4-22-19(15)12-3-5-29-11-12/h2-11,25H,1H3,(H,23,26,27). The highest BCUT2D eigenvalue weighted by molar-refractivity contribution is 5.99. The van der Waals surface area contributed by atoms with E-state index in [2.05, 4.69) is 42.4 Å². The average Bonchev–Trinajstić information content (AvgIpc) is 3.51. The molecule has 6 heterocycles. The molecule has 8 nitrogen and oxygen atoms in total. The van der Waals surface area contributed by atoms with Crippen LogP contribution in [-0.2, 0) is 7.05 Å². The van der Waals surface area contributed by atoms with E-state index >= 15 is 0 Å². The van der Waals surface area contributed by atoms with Gasteiger partial charge in [-0.2, -0.15) is 10.2 Å². The molecule has 6 rings (SSSR count). The van der Waals surface area contributed by atoms with Crippen LogP contribution >= 0.6 is 0 Å². The highest BCUT2D eigenvalue weighted by atomic mass is 16.3. The van der Waals surface area contributed by atoms with Crippen LogP contribution in [0.3, 0.4) is 0 Å². The van der Waals surface area contributed by atoms with Gasteiger partial charge in [0, 0.05) is 58.6 Å². The Labute approximate surface area is 164 Å². The summed E-state index contributed by atoms with van der Waals surface area (Å²) in [7, 11) is 1.90. The molecule has 29 heavy (non-hydrogen) atoms. The van der Waals surface area contributed by atoms with Gasteiger partial charge in [-0.25, -0.2) is 4.98 Å². The summed E-state index contributed by atoms with van der Waals surface area (Å²) >= 11 is 0. The number of rotatable bonds is 3. The van der Waals surface area contributed by atoms with Crippen molar-refractivity contribution in [1.29, 1.82) is 0 Å². The zero-order valence-electron chi connectivity index (χ0n) is 15.4. The molecule has 0 aliphatic carbocycles. The zero-order chi connectivity index (χ0) is 19.4. The summed E-state index contributed by atoms with van der Waals surface area (Å²) in [6.07, 6.45) is 10.8. The minimum Gasteiger partial charge on any atom is -0.472 e. The van der Waals surface area contributed by atoms with Gasteiger partial charge in [-0.15, -0.1) is 0 Å². The number of H-pyrrole nitrogens is 2. The molecule has 2 N–H and O–H groups in total. The number of aromatic nitrogens is 7. The van der Waals surface area contributed by atoms with E-state index in [1.165, 1.54) is 0 Å². The van der Waals surface area contributed by atoms with Crippen LogP contribution < -0.4 is 0 Å². The molecule has 140 valence electrons. The van der Waals surface area contributed by atoms with Crippen molar-refractivity contribution >= 4 is 21.9 Å². The topological polar surface area (TPSA) is 101 Å². The molecule has 0 saturated heterocycles. The molecule has 0 aromatic carbocycles. The lowest BCUT2D eigenvalue weighted by Gasteiger charge is -1.98. The zero-order valence-corrected chi connectivity index (χ0v) is 15.4. The molecule has 6 aromatic rings. The second kappa shape index (κ2) is 5.90. The fourth-order valence-corrected chi connectivity index (χ4v) is 3.65. The molecule has 0 unspecified atom stereocenters. The van der Waals surface area contributed by atoms with Crippen LogP contribution in [0.1, 0.15) is 0 Å². The Bertz CT molecular complexity index is 1470. The van der Waals surface area contributed by atoms with Crippen LogP contribution in [0.15, 0.2) is 66.0 Å². The summed E-state index contributed by atoms with van der Waals surface area (Å²) in [6, 6.07) is 8.01. The maximum absolute atomic E-state index is 5.23. The van der Waals surface area contributed by atoms with Crippen molar-refractivity contribution < 1.29 is 4.42 Å². The summed E-state index contributed by atoms with van der Waals surface area (Å²) < 4.78 is 7.00. The van der Waals surface area contributed by atoms with E-state index in [1.807, 2.05) is 37.8 Å². The number of aryl methyl sites for hydroxylation is 1. The fraction of sp³-hybridized carbons (Fsp3) is 0.0476. The molecular formula is C21H15N7O. The van der Waals surface area contributed by atoms with Crippen molar-refractivity contribution in [3.8, 4) is 33.8 Å². The molecule has 0 amide bonds. The van der Waals surface area contributed by atoms with Gasteiger partial charge in [0.15, 0.2) is 5.65 Å². The maximum atomic E-state index is 5.23.